The molecule has 0 aromatic rings. The molecule has 0 aliphatic carbocycles. The second-order valence-electron chi connectivity index (χ2n) is 5.47. The summed E-state index contributed by atoms with van der Waals surface area (Å²) in [5.74, 6) is 0.0999. The summed E-state index contributed by atoms with van der Waals surface area (Å²) in [6, 6.07) is 0. The van der Waals surface area contributed by atoms with Crippen molar-refractivity contribution in [3.05, 3.63) is 0 Å². The first-order valence-electron chi connectivity index (χ1n) is 8.13. The molecule has 1 heterocycles. The summed E-state index contributed by atoms with van der Waals surface area (Å²) in [6.07, 6.45) is 6.15. The minimum absolute atomic E-state index is 0.0999. The van der Waals surface area contributed by atoms with Gasteiger partial charge in [-0.05, 0) is 32.2 Å². The summed E-state index contributed by atoms with van der Waals surface area (Å²) in [5.41, 5.74) is 5.37. The zero-order chi connectivity index (χ0) is 15.5. The maximum Gasteiger partial charge on any atom is 0.409 e. The first-order valence-corrected chi connectivity index (χ1v) is 8.13. The first kappa shape index (κ1) is 17.8. The van der Waals surface area contributed by atoms with Crippen LogP contribution in [0.2, 0.25) is 0 Å². The Kier molecular flexibility index (Phi) is 8.82. The van der Waals surface area contributed by atoms with Crippen molar-refractivity contribution in [3.8, 4) is 0 Å². The Bertz CT molecular complexity index is 323. The van der Waals surface area contributed by atoms with Crippen LogP contribution >= 0.6 is 0 Å². The number of carbonyl (C=O) groups excluding carboxylic acids is 2. The Morgan fingerprint density at radius 2 is 2.10 bits per heavy atom. The van der Waals surface area contributed by atoms with E-state index in [2.05, 4.69) is 12.2 Å². The fraction of sp³-hybridized carbons (Fsp3) is 0.867. The molecule has 1 fully saturated rings. The molecule has 1 saturated heterocycles. The molecule has 122 valence electrons. The largest absolute Gasteiger partial charge is 0.425 e. The summed E-state index contributed by atoms with van der Waals surface area (Å²) in [4.78, 5) is 25.6. The summed E-state index contributed by atoms with van der Waals surface area (Å²) in [5, 5.41) is 2.66. The van der Waals surface area contributed by atoms with Crippen molar-refractivity contribution in [2.24, 2.45) is 5.73 Å². The minimum Gasteiger partial charge on any atom is -0.425 e. The number of unbranched alkanes of at least 4 members (excludes halogenated alkanes) is 2. The zero-order valence-electron chi connectivity index (χ0n) is 13.1. The molecule has 3 N–H and O–H groups in total. The minimum atomic E-state index is -0.457. The molecule has 1 aliphatic rings. The number of likely N-dealkylation sites (tertiary alicyclic amines) is 1. The lowest BCUT2D eigenvalue weighted by Crippen LogP contribution is -2.47. The predicted octanol–water partition coefficient (Wildman–Crippen LogP) is 1.98. The van der Waals surface area contributed by atoms with Crippen molar-refractivity contribution < 1.29 is 14.3 Å². The number of nitrogens with two attached hydrogens (primary N) is 1. The average molecular weight is 299 g/mol. The Labute approximate surface area is 127 Å². The molecule has 1 aliphatic heterocycles. The zero-order valence-corrected chi connectivity index (χ0v) is 13.1. The van der Waals surface area contributed by atoms with E-state index in [1.165, 1.54) is 0 Å². The Balaban J connectivity index is 2.41. The molecule has 0 radical (unpaired) electrons. The van der Waals surface area contributed by atoms with E-state index in [9.17, 15) is 9.59 Å². The SMILES string of the molecule is CCCCCC(=O)N1CCCC[C@H]1OC(=O)NCCCN. The fourth-order valence-electron chi connectivity index (χ4n) is 2.44. The standard InChI is InChI=1S/C15H29N3O3/c1-2-3-4-8-13(19)18-12-6-5-9-14(18)21-15(20)17-11-7-10-16/h14H,2-12,16H2,1H3,(H,17,20)/t14-/m1/s1. The summed E-state index contributed by atoms with van der Waals surface area (Å²) in [6.45, 7) is 3.84. The number of alkyl carbamates (subject to hydrolysis) is 1. The van der Waals surface area contributed by atoms with Crippen molar-refractivity contribution in [2.75, 3.05) is 19.6 Å². The average Bonchev–Trinajstić information content (AvgIpc) is 2.48. The molecular weight excluding hydrogens is 270 g/mol. The van der Waals surface area contributed by atoms with Gasteiger partial charge in [-0.1, -0.05) is 19.8 Å². The molecule has 0 unspecified atom stereocenters. The van der Waals surface area contributed by atoms with Gasteiger partial charge in [0, 0.05) is 25.9 Å². The molecule has 1 rings (SSSR count). The third-order valence-corrected chi connectivity index (χ3v) is 3.66. The van der Waals surface area contributed by atoms with Gasteiger partial charge in [-0.2, -0.15) is 0 Å². The lowest BCUT2D eigenvalue weighted by Gasteiger charge is -2.35. The van der Waals surface area contributed by atoms with Crippen LogP contribution < -0.4 is 11.1 Å². The van der Waals surface area contributed by atoms with Crippen molar-refractivity contribution in [1.29, 1.82) is 0 Å². The molecule has 1 atom stereocenters. The lowest BCUT2D eigenvalue weighted by molar-refractivity contribution is -0.144. The van der Waals surface area contributed by atoms with Gasteiger partial charge >= 0.3 is 6.09 Å². The summed E-state index contributed by atoms with van der Waals surface area (Å²) in [7, 11) is 0. The Morgan fingerprint density at radius 3 is 2.81 bits per heavy atom. The van der Waals surface area contributed by atoms with Crippen LogP contribution in [-0.4, -0.2) is 42.8 Å². The number of nitrogens with one attached hydrogen (secondary N) is 1. The number of carbonyl (C=O) groups is 2. The van der Waals surface area contributed by atoms with Crippen LogP contribution in [0.4, 0.5) is 4.79 Å². The van der Waals surface area contributed by atoms with Gasteiger partial charge in [-0.15, -0.1) is 0 Å². The molecule has 0 spiro atoms. The monoisotopic (exact) mass is 299 g/mol. The number of rotatable bonds is 8. The number of hydrogen-bond acceptors (Lipinski definition) is 4. The highest BCUT2D eigenvalue weighted by atomic mass is 16.6. The maximum atomic E-state index is 12.2. The second-order valence-corrected chi connectivity index (χ2v) is 5.47. The second kappa shape index (κ2) is 10.4. The van der Waals surface area contributed by atoms with E-state index in [4.69, 9.17) is 10.5 Å². The number of piperidine rings is 1. The smallest absolute Gasteiger partial charge is 0.409 e. The van der Waals surface area contributed by atoms with Gasteiger partial charge in [0.1, 0.15) is 0 Å². The first-order chi connectivity index (χ1) is 10.2. The van der Waals surface area contributed by atoms with Crippen LogP contribution in [0.1, 0.15) is 58.3 Å². The molecule has 0 aromatic carbocycles. The highest BCUT2D eigenvalue weighted by molar-refractivity contribution is 5.77. The molecule has 21 heavy (non-hydrogen) atoms. The van der Waals surface area contributed by atoms with E-state index in [0.717, 1.165) is 44.9 Å². The highest BCUT2D eigenvalue weighted by Gasteiger charge is 2.29. The van der Waals surface area contributed by atoms with E-state index >= 15 is 0 Å². The van der Waals surface area contributed by atoms with E-state index < -0.39 is 12.3 Å². The quantitative estimate of drug-likeness (QED) is 0.671. The van der Waals surface area contributed by atoms with Crippen molar-refractivity contribution in [3.63, 3.8) is 0 Å². The van der Waals surface area contributed by atoms with Crippen LogP contribution in [-0.2, 0) is 9.53 Å². The summed E-state index contributed by atoms with van der Waals surface area (Å²) >= 11 is 0. The van der Waals surface area contributed by atoms with Crippen LogP contribution in [0.5, 0.6) is 0 Å². The van der Waals surface area contributed by atoms with Crippen LogP contribution in [0, 0.1) is 0 Å². The normalized spacial score (nSPS) is 18.4. The summed E-state index contributed by atoms with van der Waals surface area (Å²) < 4.78 is 5.39. The van der Waals surface area contributed by atoms with Crippen LogP contribution in [0.15, 0.2) is 0 Å². The molecule has 6 nitrogen and oxygen atoms in total. The lowest BCUT2D eigenvalue weighted by atomic mass is 10.1. The van der Waals surface area contributed by atoms with Crippen molar-refractivity contribution in [2.45, 2.75) is 64.5 Å². The third-order valence-electron chi connectivity index (χ3n) is 3.66. The van der Waals surface area contributed by atoms with E-state index in [-0.39, 0.29) is 5.91 Å². The van der Waals surface area contributed by atoms with Gasteiger partial charge in [0.2, 0.25) is 5.91 Å². The van der Waals surface area contributed by atoms with Crippen molar-refractivity contribution >= 4 is 12.0 Å². The topological polar surface area (TPSA) is 84.7 Å². The highest BCUT2D eigenvalue weighted by Crippen LogP contribution is 2.20. The van der Waals surface area contributed by atoms with Gasteiger partial charge in [0.05, 0.1) is 0 Å². The maximum absolute atomic E-state index is 12.2. The van der Waals surface area contributed by atoms with Gasteiger partial charge in [-0.3, -0.25) is 4.79 Å². The van der Waals surface area contributed by atoms with Gasteiger partial charge < -0.3 is 20.7 Å². The molecule has 2 amide bonds. The molecule has 0 bridgehead atoms. The predicted molar refractivity (Wildman–Crippen MR) is 81.6 cm³/mol. The molecule has 0 saturated carbocycles. The van der Waals surface area contributed by atoms with Gasteiger partial charge in [-0.25, -0.2) is 4.79 Å². The third kappa shape index (κ3) is 6.80. The number of ether oxygens (including phenoxy) is 1. The van der Waals surface area contributed by atoms with E-state index in [1.807, 2.05) is 0 Å². The number of amides is 2. The van der Waals surface area contributed by atoms with Crippen LogP contribution in [0.25, 0.3) is 0 Å². The molecule has 6 heteroatoms. The Hall–Kier alpha value is -1.30. The van der Waals surface area contributed by atoms with Gasteiger partial charge in [0.25, 0.3) is 0 Å². The number of hydrogen-bond donors (Lipinski definition) is 2. The van der Waals surface area contributed by atoms with E-state index in [0.29, 0.717) is 26.1 Å². The fourth-order valence-corrected chi connectivity index (χ4v) is 2.44. The van der Waals surface area contributed by atoms with Crippen molar-refractivity contribution in [1.82, 2.24) is 10.2 Å². The molecule has 0 aromatic heterocycles. The van der Waals surface area contributed by atoms with Gasteiger partial charge in [0.15, 0.2) is 6.23 Å². The van der Waals surface area contributed by atoms with Crippen LogP contribution in [0.3, 0.4) is 0 Å². The molecular formula is C15H29N3O3. The van der Waals surface area contributed by atoms with E-state index in [1.54, 1.807) is 4.90 Å². The number of nitrogens with zero attached hydrogens (tertiary/aromatic N) is 1. The Morgan fingerprint density at radius 1 is 1.29 bits per heavy atom.